The predicted octanol–water partition coefficient (Wildman–Crippen LogP) is 1.81. The number of pyridine rings is 1. The Balaban J connectivity index is 1.67. The second-order valence-corrected chi connectivity index (χ2v) is 10.4. The lowest BCUT2D eigenvalue weighted by molar-refractivity contribution is -0.124. The van der Waals surface area contributed by atoms with Crippen LogP contribution in [0.4, 0.5) is 5.69 Å². The lowest BCUT2D eigenvalue weighted by Gasteiger charge is -2.37. The van der Waals surface area contributed by atoms with Gasteiger partial charge < -0.3 is 10.4 Å². The van der Waals surface area contributed by atoms with Crippen molar-refractivity contribution < 1.29 is 18.3 Å². The summed E-state index contributed by atoms with van der Waals surface area (Å²) >= 11 is 17.9. The van der Waals surface area contributed by atoms with Gasteiger partial charge in [0, 0.05) is 23.5 Å². The lowest BCUT2D eigenvalue weighted by Crippen LogP contribution is -2.61. The molecule has 32 heavy (non-hydrogen) atoms. The summed E-state index contributed by atoms with van der Waals surface area (Å²) in [6.07, 6.45) is 0.332. The molecule has 1 aromatic heterocycles. The van der Waals surface area contributed by atoms with Crippen LogP contribution in [0.3, 0.4) is 0 Å². The minimum Gasteiger partial charge on any atom is -0.375 e. The topological polar surface area (TPSA) is 124 Å². The van der Waals surface area contributed by atoms with E-state index in [1.54, 1.807) is 31.2 Å². The number of sulfonamides is 1. The molecule has 13 heteroatoms. The summed E-state index contributed by atoms with van der Waals surface area (Å²) in [5, 5.41) is 13.3. The Morgan fingerprint density at radius 3 is 2.78 bits per heavy atom. The third-order valence-electron chi connectivity index (χ3n) is 4.74. The zero-order chi connectivity index (χ0) is 23.5. The number of nitrogens with one attached hydrogen (secondary N) is 3. The van der Waals surface area contributed by atoms with Gasteiger partial charge in [0.15, 0.2) is 0 Å². The molecule has 0 saturated carbocycles. The van der Waals surface area contributed by atoms with E-state index in [9.17, 15) is 18.3 Å². The van der Waals surface area contributed by atoms with Crippen molar-refractivity contribution in [2.24, 2.45) is 0 Å². The van der Waals surface area contributed by atoms with Gasteiger partial charge in [-0.25, -0.2) is 18.1 Å². The smallest absolute Gasteiger partial charge is 0.241 e. The van der Waals surface area contributed by atoms with Gasteiger partial charge >= 0.3 is 0 Å². The SMILES string of the molecule is Cc1ccc(NC(=O)CN2NCC(Cl)C(Cl)C2O)cc1S(=O)(=O)NCc1cc(Cl)ccn1. The molecule has 0 spiro atoms. The van der Waals surface area contributed by atoms with Gasteiger partial charge in [0.25, 0.3) is 0 Å². The van der Waals surface area contributed by atoms with Crippen LogP contribution < -0.4 is 15.5 Å². The highest BCUT2D eigenvalue weighted by Gasteiger charge is 2.35. The summed E-state index contributed by atoms with van der Waals surface area (Å²) in [6.45, 7) is 1.68. The van der Waals surface area contributed by atoms with Crippen molar-refractivity contribution in [2.75, 3.05) is 18.4 Å². The number of aryl methyl sites for hydroxylation is 1. The number of nitrogens with zero attached hydrogens (tertiary/aromatic N) is 2. The monoisotopic (exact) mass is 521 g/mol. The molecule has 1 aliphatic rings. The molecule has 1 amide bonds. The number of hydrazine groups is 1. The van der Waals surface area contributed by atoms with Crippen molar-refractivity contribution in [1.82, 2.24) is 20.1 Å². The number of amides is 1. The second kappa shape index (κ2) is 10.6. The standard InChI is InChI=1S/C19H22Cl3N5O4S/c1-11-2-3-13(26-17(28)10-27-19(29)18(22)15(21)9-24-27)7-16(11)32(30,31)25-8-14-6-12(20)4-5-23-14/h2-7,15,18-19,24-25,29H,8-10H2,1H3,(H,26,28). The Morgan fingerprint density at radius 2 is 2.06 bits per heavy atom. The minimum atomic E-state index is -3.89. The third-order valence-corrected chi connectivity index (χ3v) is 7.60. The summed E-state index contributed by atoms with van der Waals surface area (Å²) in [5.41, 5.74) is 4.08. The van der Waals surface area contributed by atoms with Gasteiger partial charge in [-0.05, 0) is 36.8 Å². The van der Waals surface area contributed by atoms with Crippen LogP contribution in [0.5, 0.6) is 0 Å². The number of anilines is 1. The first kappa shape index (κ1) is 25.1. The zero-order valence-corrected chi connectivity index (χ0v) is 20.0. The molecule has 9 nitrogen and oxygen atoms in total. The summed E-state index contributed by atoms with van der Waals surface area (Å²) in [7, 11) is -3.89. The number of aliphatic hydroxyl groups excluding tert-OH is 1. The fourth-order valence-corrected chi connectivity index (χ4v) is 4.91. The maximum Gasteiger partial charge on any atom is 0.241 e. The van der Waals surface area contributed by atoms with Crippen molar-refractivity contribution in [3.05, 3.63) is 52.8 Å². The van der Waals surface area contributed by atoms with Gasteiger partial charge in [-0.15, -0.1) is 23.2 Å². The Morgan fingerprint density at radius 1 is 1.31 bits per heavy atom. The molecule has 3 rings (SSSR count). The van der Waals surface area contributed by atoms with Crippen molar-refractivity contribution >= 4 is 56.4 Å². The van der Waals surface area contributed by atoms with Gasteiger partial charge in [-0.1, -0.05) is 17.7 Å². The molecule has 174 valence electrons. The highest BCUT2D eigenvalue weighted by atomic mass is 35.5. The molecule has 1 aliphatic heterocycles. The first-order valence-electron chi connectivity index (χ1n) is 9.54. The maximum absolute atomic E-state index is 12.8. The van der Waals surface area contributed by atoms with E-state index in [1.807, 2.05) is 0 Å². The molecule has 1 saturated heterocycles. The lowest BCUT2D eigenvalue weighted by atomic mass is 10.2. The normalized spacial score (nSPS) is 22.0. The van der Waals surface area contributed by atoms with E-state index in [1.165, 1.54) is 17.3 Å². The van der Waals surface area contributed by atoms with E-state index in [0.29, 0.717) is 22.8 Å². The van der Waals surface area contributed by atoms with Crippen LogP contribution in [0.2, 0.25) is 5.02 Å². The van der Waals surface area contributed by atoms with Gasteiger partial charge in [-0.2, -0.15) is 0 Å². The van der Waals surface area contributed by atoms with E-state index < -0.39 is 32.9 Å². The number of aliphatic hydroxyl groups is 1. The molecule has 0 aliphatic carbocycles. The number of hydrogen-bond acceptors (Lipinski definition) is 7. The first-order valence-corrected chi connectivity index (χ1v) is 12.3. The highest BCUT2D eigenvalue weighted by Crippen LogP contribution is 2.22. The molecule has 1 fully saturated rings. The third kappa shape index (κ3) is 6.30. The van der Waals surface area contributed by atoms with E-state index in [-0.39, 0.29) is 23.7 Å². The van der Waals surface area contributed by atoms with E-state index in [2.05, 4.69) is 20.4 Å². The number of aromatic nitrogens is 1. The quantitative estimate of drug-likeness (QED) is 0.409. The molecule has 0 radical (unpaired) electrons. The molecule has 2 aromatic rings. The number of alkyl halides is 2. The molecular formula is C19H22Cl3N5O4S. The van der Waals surface area contributed by atoms with Crippen LogP contribution in [-0.2, 0) is 21.4 Å². The number of hydrogen-bond donors (Lipinski definition) is 4. The maximum atomic E-state index is 12.8. The minimum absolute atomic E-state index is 0.0132. The number of rotatable bonds is 7. The summed E-state index contributed by atoms with van der Waals surface area (Å²) in [5.74, 6) is -0.475. The average Bonchev–Trinajstić information content (AvgIpc) is 2.74. The number of benzene rings is 1. The Bertz CT molecular complexity index is 1090. The van der Waals surface area contributed by atoms with Crippen molar-refractivity contribution in [1.29, 1.82) is 0 Å². The van der Waals surface area contributed by atoms with Gasteiger partial charge in [0.2, 0.25) is 15.9 Å². The van der Waals surface area contributed by atoms with Crippen molar-refractivity contribution in [2.45, 2.75) is 35.3 Å². The zero-order valence-electron chi connectivity index (χ0n) is 16.9. The summed E-state index contributed by atoms with van der Waals surface area (Å²) in [6, 6.07) is 7.69. The predicted molar refractivity (Wildman–Crippen MR) is 123 cm³/mol. The van der Waals surface area contributed by atoms with Gasteiger partial charge in [0.1, 0.15) is 6.23 Å². The van der Waals surface area contributed by atoms with E-state index in [4.69, 9.17) is 34.8 Å². The molecule has 3 unspecified atom stereocenters. The average molecular weight is 523 g/mol. The Kier molecular flexibility index (Phi) is 8.34. The second-order valence-electron chi connectivity index (χ2n) is 7.18. The molecule has 1 aromatic carbocycles. The van der Waals surface area contributed by atoms with Crippen molar-refractivity contribution in [3.63, 3.8) is 0 Å². The highest BCUT2D eigenvalue weighted by molar-refractivity contribution is 7.89. The molecule has 4 N–H and O–H groups in total. The first-order chi connectivity index (χ1) is 15.1. The van der Waals surface area contributed by atoms with Crippen LogP contribution in [0.25, 0.3) is 0 Å². The van der Waals surface area contributed by atoms with Crippen LogP contribution in [0.1, 0.15) is 11.3 Å². The van der Waals surface area contributed by atoms with Crippen LogP contribution in [0.15, 0.2) is 41.4 Å². The van der Waals surface area contributed by atoms with Crippen LogP contribution in [-0.4, -0.2) is 59.5 Å². The van der Waals surface area contributed by atoms with E-state index in [0.717, 1.165) is 0 Å². The largest absolute Gasteiger partial charge is 0.375 e. The molecule has 0 bridgehead atoms. The number of halogens is 3. The van der Waals surface area contributed by atoms with Crippen LogP contribution in [0, 0.1) is 6.92 Å². The fraction of sp³-hybridized carbons (Fsp3) is 0.368. The number of carbonyl (C=O) groups is 1. The molecule has 3 atom stereocenters. The Labute approximate surface area is 201 Å². The molecule has 2 heterocycles. The van der Waals surface area contributed by atoms with Crippen molar-refractivity contribution in [3.8, 4) is 0 Å². The molecular weight excluding hydrogens is 501 g/mol. The van der Waals surface area contributed by atoms with Gasteiger partial charge in [0.05, 0.1) is 34.4 Å². The van der Waals surface area contributed by atoms with Gasteiger partial charge in [-0.3, -0.25) is 15.2 Å². The fourth-order valence-electron chi connectivity index (χ4n) is 3.03. The summed E-state index contributed by atoms with van der Waals surface area (Å²) in [4.78, 5) is 16.5. The summed E-state index contributed by atoms with van der Waals surface area (Å²) < 4.78 is 28.1. The van der Waals surface area contributed by atoms with Crippen LogP contribution >= 0.6 is 34.8 Å². The Hall–Kier alpha value is -1.50. The van der Waals surface area contributed by atoms with E-state index >= 15 is 0 Å². The number of carbonyl (C=O) groups excluding carboxylic acids is 1.